The Morgan fingerprint density at radius 3 is 2.50 bits per heavy atom. The van der Waals surface area contributed by atoms with Crippen LogP contribution in [-0.2, 0) is 11.3 Å². The zero-order valence-corrected chi connectivity index (χ0v) is 14.6. The van der Waals surface area contributed by atoms with Gasteiger partial charge in [0.1, 0.15) is 18.7 Å². The first-order chi connectivity index (χ1) is 12.6. The molecule has 0 saturated carbocycles. The minimum Gasteiger partial charge on any atom is -0.493 e. The van der Waals surface area contributed by atoms with E-state index in [0.717, 1.165) is 11.9 Å². The van der Waals surface area contributed by atoms with Crippen molar-refractivity contribution in [3.63, 3.8) is 0 Å². The Bertz CT molecular complexity index is 711. The molecule has 7 nitrogen and oxygen atoms in total. The Labute approximate surface area is 152 Å². The molecule has 1 unspecified atom stereocenters. The molecule has 0 aliphatic rings. The molecule has 0 radical (unpaired) electrons. The van der Waals surface area contributed by atoms with Crippen molar-refractivity contribution in [2.45, 2.75) is 13.5 Å². The van der Waals surface area contributed by atoms with Gasteiger partial charge in [-0.25, -0.2) is 9.80 Å². The highest BCUT2D eigenvalue weighted by Crippen LogP contribution is 2.15. The van der Waals surface area contributed by atoms with Crippen LogP contribution in [0.5, 0.6) is 5.75 Å². The number of nitrogens with zero attached hydrogens (tertiary/aromatic N) is 2. The van der Waals surface area contributed by atoms with E-state index in [0.29, 0.717) is 24.5 Å². The van der Waals surface area contributed by atoms with Gasteiger partial charge in [-0.3, -0.25) is 5.41 Å². The number of carbonyl (C=O) groups excluding carboxylic acids is 1. The lowest BCUT2D eigenvalue weighted by Gasteiger charge is -2.17. The fourth-order valence-electron chi connectivity index (χ4n) is 2.23. The molecule has 136 valence electrons. The van der Waals surface area contributed by atoms with Gasteiger partial charge >= 0.3 is 5.97 Å². The minimum absolute atomic E-state index is 0.0845. The molecule has 2 aromatic rings. The molecule has 0 aliphatic carbocycles. The summed E-state index contributed by atoms with van der Waals surface area (Å²) in [6.07, 6.45) is 0.999. The summed E-state index contributed by atoms with van der Waals surface area (Å²) in [6, 6.07) is 16.3. The number of rotatable bonds is 10. The summed E-state index contributed by atoms with van der Waals surface area (Å²) < 4.78 is 11.0. The van der Waals surface area contributed by atoms with E-state index in [-0.39, 0.29) is 18.5 Å². The summed E-state index contributed by atoms with van der Waals surface area (Å²) in [5, 5.41) is 11.5. The number of esters is 1. The van der Waals surface area contributed by atoms with E-state index in [1.54, 1.807) is 24.3 Å². The van der Waals surface area contributed by atoms with Gasteiger partial charge in [-0.1, -0.05) is 42.5 Å². The Hall–Kier alpha value is -3.22. The maximum Gasteiger partial charge on any atom is 0.338 e. The molecule has 0 amide bonds. The normalized spacial score (nSPS) is 11.3. The van der Waals surface area contributed by atoms with Crippen LogP contribution in [0.1, 0.15) is 22.8 Å². The lowest BCUT2D eigenvalue weighted by Crippen LogP contribution is -2.25. The topological polar surface area (TPSA) is 98.8 Å². The maximum atomic E-state index is 12.1. The zero-order chi connectivity index (χ0) is 18.8. The molecule has 0 aliphatic heterocycles. The number of ether oxygens (including phenoxy) is 2. The van der Waals surface area contributed by atoms with Crippen LogP contribution in [0, 0.1) is 16.9 Å². The average molecular weight is 354 g/mol. The zero-order valence-electron chi connectivity index (χ0n) is 14.6. The van der Waals surface area contributed by atoms with Crippen molar-refractivity contribution in [3.05, 3.63) is 65.7 Å². The number of hydrogen-bond donors (Lipinski definition) is 2. The summed E-state index contributed by atoms with van der Waals surface area (Å²) in [5.74, 6) is 0.342. The van der Waals surface area contributed by atoms with Gasteiger partial charge in [0.25, 0.3) is 0 Å². The molecule has 0 aromatic heterocycles. The standard InChI is InChI=1S/C19H22N4O3/c1-15(11-23(14-20)22-21)12-25-18-9-7-17(8-10-18)19(24)26-13-16-5-3-2-4-6-16/h2-10,14-15,20-21H,11-13H2,1H3. The molecular formula is C19H22N4O3. The minimum atomic E-state index is -0.382. The molecule has 0 spiro atoms. The average Bonchev–Trinajstić information content (AvgIpc) is 2.69. The molecule has 2 N–H and O–H groups in total. The highest BCUT2D eigenvalue weighted by molar-refractivity contribution is 5.89. The van der Waals surface area contributed by atoms with E-state index in [9.17, 15) is 4.79 Å². The van der Waals surface area contributed by atoms with E-state index >= 15 is 0 Å². The lowest BCUT2D eigenvalue weighted by atomic mass is 10.2. The SMILES string of the molecule is CC(COc1ccc(C(=O)OCc2ccccc2)cc1)CN(C=N)N=N. The first-order valence-electron chi connectivity index (χ1n) is 8.21. The van der Waals surface area contributed by atoms with Crippen molar-refractivity contribution in [1.82, 2.24) is 5.01 Å². The second kappa shape index (κ2) is 9.93. The third-order valence-corrected chi connectivity index (χ3v) is 3.61. The Kier molecular flexibility index (Phi) is 7.30. The Morgan fingerprint density at radius 1 is 1.19 bits per heavy atom. The van der Waals surface area contributed by atoms with Crippen molar-refractivity contribution < 1.29 is 14.3 Å². The second-order valence-corrected chi connectivity index (χ2v) is 5.85. The van der Waals surface area contributed by atoms with Crippen LogP contribution >= 0.6 is 0 Å². The fraction of sp³-hybridized carbons (Fsp3) is 0.263. The summed E-state index contributed by atoms with van der Waals surface area (Å²) in [5.41, 5.74) is 8.32. The van der Waals surface area contributed by atoms with Crippen molar-refractivity contribution in [2.75, 3.05) is 13.2 Å². The predicted octanol–water partition coefficient (Wildman–Crippen LogP) is 3.91. The highest BCUT2D eigenvalue weighted by Gasteiger charge is 2.10. The predicted molar refractivity (Wildman–Crippen MR) is 97.3 cm³/mol. The highest BCUT2D eigenvalue weighted by atomic mass is 16.5. The van der Waals surface area contributed by atoms with Gasteiger partial charge in [0.15, 0.2) is 0 Å². The number of carbonyl (C=O) groups is 1. The van der Waals surface area contributed by atoms with Crippen LogP contribution in [-0.4, -0.2) is 30.5 Å². The third kappa shape index (κ3) is 6.01. The largest absolute Gasteiger partial charge is 0.493 e. The van der Waals surface area contributed by atoms with E-state index in [1.807, 2.05) is 37.3 Å². The van der Waals surface area contributed by atoms with Gasteiger partial charge < -0.3 is 9.47 Å². The fourth-order valence-corrected chi connectivity index (χ4v) is 2.23. The van der Waals surface area contributed by atoms with Crippen molar-refractivity contribution in [3.8, 4) is 5.75 Å². The Balaban J connectivity index is 1.80. The molecule has 26 heavy (non-hydrogen) atoms. The van der Waals surface area contributed by atoms with E-state index in [1.165, 1.54) is 5.01 Å². The Morgan fingerprint density at radius 2 is 1.88 bits per heavy atom. The molecule has 1 atom stereocenters. The van der Waals surface area contributed by atoms with Gasteiger partial charge in [0.05, 0.1) is 18.7 Å². The van der Waals surface area contributed by atoms with Gasteiger partial charge in [-0.2, -0.15) is 5.53 Å². The van der Waals surface area contributed by atoms with Gasteiger partial charge in [0.2, 0.25) is 0 Å². The summed E-state index contributed by atoms with van der Waals surface area (Å²) in [4.78, 5) is 12.1. The number of hydrogen-bond acceptors (Lipinski definition) is 6. The van der Waals surface area contributed by atoms with Gasteiger partial charge in [0, 0.05) is 5.92 Å². The van der Waals surface area contributed by atoms with Crippen LogP contribution < -0.4 is 4.74 Å². The van der Waals surface area contributed by atoms with Crippen molar-refractivity contribution in [2.24, 2.45) is 11.1 Å². The third-order valence-electron chi connectivity index (χ3n) is 3.61. The van der Waals surface area contributed by atoms with E-state index in [4.69, 9.17) is 20.4 Å². The van der Waals surface area contributed by atoms with Crippen molar-refractivity contribution in [1.29, 1.82) is 10.9 Å². The molecule has 0 bridgehead atoms. The smallest absolute Gasteiger partial charge is 0.338 e. The number of benzene rings is 2. The van der Waals surface area contributed by atoms with Gasteiger partial charge in [-0.05, 0) is 29.8 Å². The molecule has 0 saturated heterocycles. The quantitative estimate of drug-likeness (QED) is 0.222. The van der Waals surface area contributed by atoms with Crippen LogP contribution in [0.3, 0.4) is 0 Å². The maximum absolute atomic E-state index is 12.1. The number of nitrogens with one attached hydrogen (secondary N) is 2. The summed E-state index contributed by atoms with van der Waals surface area (Å²) in [6.45, 7) is 3.02. The molecule has 7 heteroatoms. The summed E-state index contributed by atoms with van der Waals surface area (Å²) >= 11 is 0. The molecule has 0 fully saturated rings. The van der Waals surface area contributed by atoms with Gasteiger partial charge in [-0.15, -0.1) is 0 Å². The summed E-state index contributed by atoms with van der Waals surface area (Å²) in [7, 11) is 0. The monoisotopic (exact) mass is 354 g/mol. The molecule has 0 heterocycles. The van der Waals surface area contributed by atoms with Crippen LogP contribution in [0.25, 0.3) is 0 Å². The molecule has 2 aromatic carbocycles. The van der Waals surface area contributed by atoms with Crippen molar-refractivity contribution >= 4 is 12.3 Å². The van der Waals surface area contributed by atoms with Crippen LogP contribution in [0.4, 0.5) is 0 Å². The molecule has 2 rings (SSSR count). The first kappa shape index (κ1) is 19.1. The molecular weight excluding hydrogens is 332 g/mol. The lowest BCUT2D eigenvalue weighted by molar-refractivity contribution is 0.0472. The first-order valence-corrected chi connectivity index (χ1v) is 8.21. The van der Waals surface area contributed by atoms with Crippen LogP contribution in [0.2, 0.25) is 0 Å². The van der Waals surface area contributed by atoms with E-state index in [2.05, 4.69) is 5.22 Å². The van der Waals surface area contributed by atoms with Crippen LogP contribution in [0.15, 0.2) is 59.8 Å². The van der Waals surface area contributed by atoms with E-state index < -0.39 is 0 Å². The second-order valence-electron chi connectivity index (χ2n) is 5.85.